The van der Waals surface area contributed by atoms with Crippen molar-refractivity contribution in [3.63, 3.8) is 0 Å². The van der Waals surface area contributed by atoms with Crippen LogP contribution in [0, 0.1) is 5.92 Å². The SMILES string of the molecule is CC(C)(CCC(=O)O)NC(=O)[C@H]1CCCC[C@H]1NC(=O)OCC1c2ccccc2-c2ccccc21. The largest absolute Gasteiger partial charge is 0.481 e. The van der Waals surface area contributed by atoms with Crippen LogP contribution in [-0.2, 0) is 14.3 Å². The van der Waals surface area contributed by atoms with E-state index in [1.807, 2.05) is 38.1 Å². The van der Waals surface area contributed by atoms with E-state index < -0.39 is 17.6 Å². The van der Waals surface area contributed by atoms with Crippen molar-refractivity contribution in [3.8, 4) is 11.1 Å². The maximum absolute atomic E-state index is 13.0. The second kappa shape index (κ2) is 10.5. The van der Waals surface area contributed by atoms with E-state index in [0.717, 1.165) is 24.0 Å². The van der Waals surface area contributed by atoms with Crippen LogP contribution in [0.4, 0.5) is 4.79 Å². The second-order valence-electron chi connectivity index (χ2n) is 10.2. The number of amides is 2. The third kappa shape index (κ3) is 5.84. The van der Waals surface area contributed by atoms with Gasteiger partial charge in [0, 0.05) is 23.9 Å². The van der Waals surface area contributed by atoms with Crippen molar-refractivity contribution < 1.29 is 24.2 Å². The van der Waals surface area contributed by atoms with Crippen LogP contribution < -0.4 is 10.6 Å². The lowest BCUT2D eigenvalue weighted by molar-refractivity contribution is -0.138. The average molecular weight is 479 g/mol. The summed E-state index contributed by atoms with van der Waals surface area (Å²) < 4.78 is 5.69. The number of carboxylic acids is 1. The minimum Gasteiger partial charge on any atom is -0.481 e. The van der Waals surface area contributed by atoms with Crippen molar-refractivity contribution >= 4 is 18.0 Å². The smallest absolute Gasteiger partial charge is 0.407 e. The van der Waals surface area contributed by atoms with Crippen molar-refractivity contribution in [1.82, 2.24) is 10.6 Å². The molecule has 0 saturated heterocycles. The van der Waals surface area contributed by atoms with Crippen LogP contribution in [0.2, 0.25) is 0 Å². The quantitative estimate of drug-likeness (QED) is 0.503. The average Bonchev–Trinajstić information content (AvgIpc) is 3.15. The molecule has 186 valence electrons. The number of carbonyl (C=O) groups excluding carboxylic acids is 2. The van der Waals surface area contributed by atoms with Gasteiger partial charge in [-0.3, -0.25) is 9.59 Å². The van der Waals surface area contributed by atoms with Gasteiger partial charge in [-0.1, -0.05) is 61.4 Å². The van der Waals surface area contributed by atoms with E-state index in [1.165, 1.54) is 11.1 Å². The number of alkyl carbamates (subject to hydrolysis) is 1. The number of rotatable bonds is 8. The Hall–Kier alpha value is -3.35. The molecule has 0 radical (unpaired) electrons. The number of aliphatic carboxylic acids is 1. The number of fused-ring (bicyclic) bond motifs is 3. The highest BCUT2D eigenvalue weighted by atomic mass is 16.5. The first-order valence-electron chi connectivity index (χ1n) is 12.4. The maximum Gasteiger partial charge on any atom is 0.407 e. The first-order valence-corrected chi connectivity index (χ1v) is 12.4. The Morgan fingerprint density at radius 2 is 1.57 bits per heavy atom. The molecule has 2 aliphatic rings. The van der Waals surface area contributed by atoms with Gasteiger partial charge in [-0.2, -0.15) is 0 Å². The summed E-state index contributed by atoms with van der Waals surface area (Å²) >= 11 is 0. The normalized spacial score (nSPS) is 19.4. The Balaban J connectivity index is 1.36. The van der Waals surface area contributed by atoms with E-state index in [-0.39, 0.29) is 36.8 Å². The molecule has 2 amide bonds. The molecule has 7 heteroatoms. The molecule has 3 N–H and O–H groups in total. The summed E-state index contributed by atoms with van der Waals surface area (Å²) in [5, 5.41) is 14.9. The highest BCUT2D eigenvalue weighted by Crippen LogP contribution is 2.44. The van der Waals surface area contributed by atoms with Crippen LogP contribution in [0.5, 0.6) is 0 Å². The predicted octanol–water partition coefficient (Wildman–Crippen LogP) is 4.84. The van der Waals surface area contributed by atoms with Gasteiger partial charge in [-0.05, 0) is 55.4 Å². The summed E-state index contributed by atoms with van der Waals surface area (Å²) in [5.74, 6) is -1.43. The number of ether oxygens (including phenoxy) is 1. The van der Waals surface area contributed by atoms with Crippen molar-refractivity contribution in [1.29, 1.82) is 0 Å². The van der Waals surface area contributed by atoms with Crippen molar-refractivity contribution in [2.24, 2.45) is 5.92 Å². The number of benzene rings is 2. The maximum atomic E-state index is 13.0. The molecule has 2 atom stereocenters. The van der Waals surface area contributed by atoms with Crippen LogP contribution >= 0.6 is 0 Å². The zero-order valence-corrected chi connectivity index (χ0v) is 20.4. The minimum atomic E-state index is -0.889. The molecule has 0 heterocycles. The summed E-state index contributed by atoms with van der Waals surface area (Å²) in [4.78, 5) is 36.8. The third-order valence-corrected chi connectivity index (χ3v) is 7.18. The van der Waals surface area contributed by atoms with Gasteiger partial charge in [0.25, 0.3) is 0 Å². The van der Waals surface area contributed by atoms with Crippen LogP contribution in [-0.4, -0.2) is 41.3 Å². The highest BCUT2D eigenvalue weighted by molar-refractivity contribution is 5.81. The van der Waals surface area contributed by atoms with E-state index in [0.29, 0.717) is 19.3 Å². The summed E-state index contributed by atoms with van der Waals surface area (Å²) in [5.41, 5.74) is 4.01. The van der Waals surface area contributed by atoms with Gasteiger partial charge in [-0.15, -0.1) is 0 Å². The number of nitrogens with one attached hydrogen (secondary N) is 2. The molecular weight excluding hydrogens is 444 g/mol. The molecule has 1 saturated carbocycles. The number of carbonyl (C=O) groups is 3. The van der Waals surface area contributed by atoms with Gasteiger partial charge in [0.15, 0.2) is 0 Å². The van der Waals surface area contributed by atoms with E-state index in [2.05, 4.69) is 34.9 Å². The number of hydrogen-bond acceptors (Lipinski definition) is 4. The molecular formula is C28H34N2O5. The first-order chi connectivity index (χ1) is 16.7. The summed E-state index contributed by atoms with van der Waals surface area (Å²) in [6.45, 7) is 3.88. The molecule has 1 fully saturated rings. The molecule has 0 spiro atoms. The van der Waals surface area contributed by atoms with Gasteiger partial charge in [0.05, 0.1) is 5.92 Å². The van der Waals surface area contributed by atoms with E-state index >= 15 is 0 Å². The molecule has 35 heavy (non-hydrogen) atoms. The van der Waals surface area contributed by atoms with Gasteiger partial charge < -0.3 is 20.5 Å². The van der Waals surface area contributed by atoms with E-state index in [9.17, 15) is 14.4 Å². The third-order valence-electron chi connectivity index (χ3n) is 7.18. The van der Waals surface area contributed by atoms with Crippen LogP contribution in [0.1, 0.15) is 69.4 Å². The second-order valence-corrected chi connectivity index (χ2v) is 10.2. The fourth-order valence-corrected chi connectivity index (χ4v) is 5.32. The van der Waals surface area contributed by atoms with E-state index in [4.69, 9.17) is 9.84 Å². The molecule has 0 unspecified atom stereocenters. The summed E-state index contributed by atoms with van der Waals surface area (Å²) in [7, 11) is 0. The Morgan fingerprint density at radius 1 is 0.971 bits per heavy atom. The molecule has 2 aliphatic carbocycles. The molecule has 4 rings (SSSR count). The molecule has 2 aromatic rings. The van der Waals surface area contributed by atoms with Gasteiger partial charge in [0.2, 0.25) is 5.91 Å². The fourth-order valence-electron chi connectivity index (χ4n) is 5.32. The predicted molar refractivity (Wildman–Crippen MR) is 133 cm³/mol. The highest BCUT2D eigenvalue weighted by Gasteiger charge is 2.35. The Labute approximate surface area is 206 Å². The lowest BCUT2D eigenvalue weighted by Crippen LogP contribution is -2.53. The fraction of sp³-hybridized carbons (Fsp3) is 0.464. The molecule has 0 aliphatic heterocycles. The van der Waals surface area contributed by atoms with Gasteiger partial charge in [0.1, 0.15) is 6.61 Å². The van der Waals surface area contributed by atoms with Crippen molar-refractivity contribution in [3.05, 3.63) is 59.7 Å². The molecule has 0 bridgehead atoms. The Morgan fingerprint density at radius 3 is 2.20 bits per heavy atom. The minimum absolute atomic E-state index is 0.0145. The van der Waals surface area contributed by atoms with Crippen molar-refractivity contribution in [2.75, 3.05) is 6.61 Å². The van der Waals surface area contributed by atoms with Crippen LogP contribution in [0.25, 0.3) is 11.1 Å². The number of carboxylic acid groups (broad SMARTS) is 1. The van der Waals surface area contributed by atoms with Crippen LogP contribution in [0.3, 0.4) is 0 Å². The Bertz CT molecular complexity index is 1050. The monoisotopic (exact) mass is 478 g/mol. The molecule has 0 aromatic heterocycles. The topological polar surface area (TPSA) is 105 Å². The summed E-state index contributed by atoms with van der Waals surface area (Å²) in [6, 6.07) is 16.1. The Kier molecular flexibility index (Phi) is 7.43. The van der Waals surface area contributed by atoms with Gasteiger partial charge >= 0.3 is 12.1 Å². The zero-order valence-electron chi connectivity index (χ0n) is 20.4. The lowest BCUT2D eigenvalue weighted by Gasteiger charge is -2.34. The van der Waals surface area contributed by atoms with Crippen LogP contribution in [0.15, 0.2) is 48.5 Å². The molecule has 2 aromatic carbocycles. The summed E-state index contributed by atoms with van der Waals surface area (Å²) in [6.07, 6.45) is 3.04. The standard InChI is InChI=1S/C28H34N2O5/c1-28(2,16-15-25(31)32)30-26(33)22-13-7-8-14-24(22)29-27(34)35-17-23-20-11-5-3-9-18(20)19-10-4-6-12-21(19)23/h3-6,9-12,22-24H,7-8,13-17H2,1-2H3,(H,29,34)(H,30,33)(H,31,32)/t22-,24+/m0/s1. The first kappa shape index (κ1) is 24.8. The number of hydrogen-bond donors (Lipinski definition) is 3. The van der Waals surface area contributed by atoms with E-state index in [1.54, 1.807) is 0 Å². The van der Waals surface area contributed by atoms with Crippen molar-refractivity contribution in [2.45, 2.75) is 69.9 Å². The lowest BCUT2D eigenvalue weighted by atomic mass is 9.83. The molecule has 7 nitrogen and oxygen atoms in total. The van der Waals surface area contributed by atoms with Gasteiger partial charge in [-0.25, -0.2) is 4.79 Å². The zero-order chi connectivity index (χ0) is 25.0.